The number of rotatable bonds is 4. The molecule has 0 atom stereocenters. The van der Waals surface area contributed by atoms with Crippen molar-refractivity contribution in [3.05, 3.63) is 27.7 Å². The molecule has 100 valence electrons. The summed E-state index contributed by atoms with van der Waals surface area (Å²) in [4.78, 5) is 11.8. The highest BCUT2D eigenvalue weighted by molar-refractivity contribution is 9.10. The van der Waals surface area contributed by atoms with Gasteiger partial charge in [0.05, 0.1) is 0 Å². The van der Waals surface area contributed by atoms with Crippen molar-refractivity contribution in [3.8, 4) is 0 Å². The number of amides is 1. The summed E-state index contributed by atoms with van der Waals surface area (Å²) in [6.45, 7) is 7.87. The third kappa shape index (κ3) is 4.78. The smallest absolute Gasteiger partial charge is 0.224 e. The molecule has 0 spiro atoms. The molecule has 3 N–H and O–H groups in total. The van der Waals surface area contributed by atoms with Gasteiger partial charge in [0.1, 0.15) is 0 Å². The van der Waals surface area contributed by atoms with Crippen LogP contribution >= 0.6 is 15.9 Å². The molecule has 0 aliphatic carbocycles. The summed E-state index contributed by atoms with van der Waals surface area (Å²) in [7, 11) is 0. The molecule has 0 aliphatic heterocycles. The van der Waals surface area contributed by atoms with E-state index in [0.717, 1.165) is 21.3 Å². The number of anilines is 1. The Balaban J connectivity index is 2.65. The van der Waals surface area contributed by atoms with Crippen molar-refractivity contribution >= 4 is 27.5 Å². The van der Waals surface area contributed by atoms with Crippen molar-refractivity contribution in [1.29, 1.82) is 0 Å². The molecule has 0 saturated heterocycles. The summed E-state index contributed by atoms with van der Waals surface area (Å²) in [6.07, 6.45) is 1.12. The third-order valence-corrected chi connectivity index (χ3v) is 3.97. The van der Waals surface area contributed by atoms with Gasteiger partial charge in [-0.25, -0.2) is 0 Å². The van der Waals surface area contributed by atoms with Gasteiger partial charge in [0.15, 0.2) is 0 Å². The highest BCUT2D eigenvalue weighted by atomic mass is 79.9. The minimum Gasteiger partial charge on any atom is -0.326 e. The Morgan fingerprint density at radius 1 is 1.33 bits per heavy atom. The fourth-order valence-corrected chi connectivity index (χ4v) is 1.91. The van der Waals surface area contributed by atoms with Crippen LogP contribution in [0, 0.1) is 13.8 Å². The van der Waals surface area contributed by atoms with Gasteiger partial charge in [-0.2, -0.15) is 0 Å². The van der Waals surface area contributed by atoms with Crippen LogP contribution in [0.5, 0.6) is 0 Å². The second kappa shape index (κ2) is 5.85. The molecule has 0 heterocycles. The highest BCUT2D eigenvalue weighted by Gasteiger charge is 2.13. The van der Waals surface area contributed by atoms with Crippen molar-refractivity contribution in [1.82, 2.24) is 0 Å². The first-order valence-corrected chi connectivity index (χ1v) is 6.84. The standard InChI is InChI=1S/C14H21BrN2O/c1-9-7-11(8-10(2)13(9)15)17-12(18)5-6-14(3,4)16/h7-8H,5-6,16H2,1-4H3,(H,17,18). The molecule has 0 bridgehead atoms. The van der Waals surface area contributed by atoms with Crippen LogP contribution in [-0.4, -0.2) is 11.4 Å². The predicted molar refractivity (Wildman–Crippen MR) is 79.7 cm³/mol. The minimum atomic E-state index is -0.303. The first kappa shape index (κ1) is 15.2. The van der Waals surface area contributed by atoms with Crippen LogP contribution in [0.4, 0.5) is 5.69 Å². The van der Waals surface area contributed by atoms with Gasteiger partial charge in [-0.1, -0.05) is 15.9 Å². The lowest BCUT2D eigenvalue weighted by molar-refractivity contribution is -0.116. The van der Waals surface area contributed by atoms with Gasteiger partial charge in [-0.05, 0) is 57.4 Å². The average Bonchev–Trinajstić information content (AvgIpc) is 2.22. The number of aryl methyl sites for hydroxylation is 2. The molecule has 0 aromatic heterocycles. The molecule has 0 unspecified atom stereocenters. The molecular weight excluding hydrogens is 292 g/mol. The zero-order valence-electron chi connectivity index (χ0n) is 11.4. The lowest BCUT2D eigenvalue weighted by atomic mass is 10.00. The quantitative estimate of drug-likeness (QED) is 0.893. The molecule has 0 fully saturated rings. The van der Waals surface area contributed by atoms with Crippen LogP contribution in [0.15, 0.2) is 16.6 Å². The number of carbonyl (C=O) groups excluding carboxylic acids is 1. The number of halogens is 1. The summed E-state index contributed by atoms with van der Waals surface area (Å²) in [5, 5.41) is 2.91. The molecule has 3 nitrogen and oxygen atoms in total. The van der Waals surface area contributed by atoms with E-state index < -0.39 is 0 Å². The Bertz CT molecular complexity index is 427. The summed E-state index contributed by atoms with van der Waals surface area (Å²) in [5.74, 6) is 0.00893. The van der Waals surface area contributed by atoms with Gasteiger partial charge in [-0.3, -0.25) is 4.79 Å². The average molecular weight is 313 g/mol. The first-order valence-electron chi connectivity index (χ1n) is 6.04. The van der Waals surface area contributed by atoms with Crippen molar-refractivity contribution in [2.24, 2.45) is 5.73 Å². The SMILES string of the molecule is Cc1cc(NC(=O)CCC(C)(C)N)cc(C)c1Br. The van der Waals surface area contributed by atoms with Crippen LogP contribution in [0.3, 0.4) is 0 Å². The number of hydrogen-bond acceptors (Lipinski definition) is 2. The Hall–Kier alpha value is -0.870. The number of carbonyl (C=O) groups is 1. The normalized spacial score (nSPS) is 11.4. The van der Waals surface area contributed by atoms with Crippen LogP contribution in [0.2, 0.25) is 0 Å². The lowest BCUT2D eigenvalue weighted by Gasteiger charge is -2.17. The molecule has 1 rings (SSSR count). The van der Waals surface area contributed by atoms with E-state index in [1.165, 1.54) is 0 Å². The Kier molecular flexibility index (Phi) is 4.93. The van der Waals surface area contributed by atoms with E-state index in [2.05, 4.69) is 21.2 Å². The highest BCUT2D eigenvalue weighted by Crippen LogP contribution is 2.25. The molecule has 1 amide bonds. The molecule has 0 radical (unpaired) electrons. The summed E-state index contributed by atoms with van der Waals surface area (Å²) in [5.41, 5.74) is 8.63. The van der Waals surface area contributed by atoms with E-state index >= 15 is 0 Å². The fraction of sp³-hybridized carbons (Fsp3) is 0.500. The van der Waals surface area contributed by atoms with Crippen LogP contribution in [0.25, 0.3) is 0 Å². The molecule has 0 saturated carbocycles. The topological polar surface area (TPSA) is 55.1 Å². The summed E-state index contributed by atoms with van der Waals surface area (Å²) < 4.78 is 1.09. The van der Waals surface area contributed by atoms with E-state index in [1.807, 2.05) is 39.8 Å². The van der Waals surface area contributed by atoms with Crippen LogP contribution in [-0.2, 0) is 4.79 Å². The predicted octanol–water partition coefficient (Wildman–Crippen LogP) is 3.52. The van der Waals surface area contributed by atoms with Crippen molar-refractivity contribution in [3.63, 3.8) is 0 Å². The second-order valence-electron chi connectivity index (χ2n) is 5.46. The van der Waals surface area contributed by atoms with Gasteiger partial charge >= 0.3 is 0 Å². The Labute approximate surface area is 117 Å². The Morgan fingerprint density at radius 3 is 2.28 bits per heavy atom. The van der Waals surface area contributed by atoms with Gasteiger partial charge in [0.25, 0.3) is 0 Å². The molecule has 1 aromatic carbocycles. The minimum absolute atomic E-state index is 0.00893. The third-order valence-electron chi connectivity index (χ3n) is 2.72. The van der Waals surface area contributed by atoms with E-state index in [9.17, 15) is 4.79 Å². The maximum Gasteiger partial charge on any atom is 0.224 e. The van der Waals surface area contributed by atoms with Crippen LogP contribution < -0.4 is 11.1 Å². The molecule has 4 heteroatoms. The maximum absolute atomic E-state index is 11.8. The molecule has 1 aromatic rings. The molecular formula is C14H21BrN2O. The zero-order chi connectivity index (χ0) is 13.9. The largest absolute Gasteiger partial charge is 0.326 e. The number of nitrogens with two attached hydrogens (primary N) is 1. The van der Waals surface area contributed by atoms with E-state index in [-0.39, 0.29) is 11.4 Å². The number of nitrogens with one attached hydrogen (secondary N) is 1. The van der Waals surface area contributed by atoms with Gasteiger partial charge < -0.3 is 11.1 Å². The van der Waals surface area contributed by atoms with Crippen molar-refractivity contribution in [2.45, 2.75) is 46.1 Å². The van der Waals surface area contributed by atoms with Gasteiger partial charge in [-0.15, -0.1) is 0 Å². The van der Waals surface area contributed by atoms with Gasteiger partial charge in [0.2, 0.25) is 5.91 Å². The molecule has 0 aliphatic rings. The zero-order valence-corrected chi connectivity index (χ0v) is 13.0. The maximum atomic E-state index is 11.8. The summed E-state index contributed by atoms with van der Waals surface area (Å²) >= 11 is 3.51. The van der Waals surface area contributed by atoms with Crippen molar-refractivity contribution < 1.29 is 4.79 Å². The Morgan fingerprint density at radius 2 is 1.83 bits per heavy atom. The number of benzene rings is 1. The van der Waals surface area contributed by atoms with Crippen LogP contribution in [0.1, 0.15) is 37.8 Å². The number of hydrogen-bond donors (Lipinski definition) is 2. The molecule has 18 heavy (non-hydrogen) atoms. The van der Waals surface area contributed by atoms with Crippen molar-refractivity contribution in [2.75, 3.05) is 5.32 Å². The lowest BCUT2D eigenvalue weighted by Crippen LogP contribution is -2.33. The van der Waals surface area contributed by atoms with Gasteiger partial charge in [0, 0.05) is 22.1 Å². The van der Waals surface area contributed by atoms with E-state index in [1.54, 1.807) is 0 Å². The van der Waals surface area contributed by atoms with E-state index in [0.29, 0.717) is 12.8 Å². The first-order chi connectivity index (χ1) is 8.19. The second-order valence-corrected chi connectivity index (χ2v) is 6.25. The summed E-state index contributed by atoms with van der Waals surface area (Å²) in [6, 6.07) is 3.92. The van der Waals surface area contributed by atoms with E-state index in [4.69, 9.17) is 5.73 Å². The fourth-order valence-electron chi connectivity index (χ4n) is 1.68. The monoisotopic (exact) mass is 312 g/mol.